The third kappa shape index (κ3) is 3.20. The summed E-state index contributed by atoms with van der Waals surface area (Å²) in [6.45, 7) is 2.02. The van der Waals surface area contributed by atoms with Crippen LogP contribution in [0.5, 0.6) is 0 Å². The van der Waals surface area contributed by atoms with Crippen LogP contribution in [-0.2, 0) is 26.5 Å². The average Bonchev–Trinajstić information content (AvgIpc) is 3.09. The highest BCUT2D eigenvalue weighted by atomic mass is 19.1. The second-order valence-corrected chi connectivity index (χ2v) is 6.63. The topological polar surface area (TPSA) is 39.7 Å². The van der Waals surface area contributed by atoms with Gasteiger partial charge in [-0.25, -0.2) is 4.39 Å². The van der Waals surface area contributed by atoms with Gasteiger partial charge in [0.1, 0.15) is 5.82 Å². The first-order valence-electron chi connectivity index (χ1n) is 8.67. The minimum absolute atomic E-state index is 0.00826. The summed E-state index contributed by atoms with van der Waals surface area (Å²) in [4.78, 5) is 5.55. The Kier molecular flexibility index (Phi) is 4.81. The second kappa shape index (κ2) is 7.22. The molecule has 0 aromatic heterocycles. The molecule has 2 saturated heterocycles. The van der Waals surface area contributed by atoms with E-state index < -0.39 is 5.54 Å². The van der Waals surface area contributed by atoms with Crippen molar-refractivity contribution in [2.24, 2.45) is 5.92 Å². The Bertz CT molecular complexity index is 711. The van der Waals surface area contributed by atoms with Crippen molar-refractivity contribution < 1.29 is 18.7 Å². The van der Waals surface area contributed by atoms with Gasteiger partial charge in [-0.1, -0.05) is 48.5 Å². The largest absolute Gasteiger partial charge is 0.375 e. The molecule has 132 valence electrons. The molecule has 2 heterocycles. The van der Waals surface area contributed by atoms with Crippen molar-refractivity contribution in [1.29, 1.82) is 0 Å². The molecule has 0 aliphatic carbocycles. The quantitative estimate of drug-likeness (QED) is 0.905. The molecule has 2 aromatic rings. The normalized spacial score (nSPS) is 28.7. The SMILES string of the molecule is Fc1ccccc1C12CCOC(COCc3ccccc3)C1CON2. The number of benzene rings is 2. The van der Waals surface area contributed by atoms with Crippen LogP contribution in [0.25, 0.3) is 0 Å². The van der Waals surface area contributed by atoms with Crippen LogP contribution < -0.4 is 5.48 Å². The maximum Gasteiger partial charge on any atom is 0.128 e. The maximum absolute atomic E-state index is 14.4. The van der Waals surface area contributed by atoms with Gasteiger partial charge in [-0.3, -0.25) is 0 Å². The summed E-state index contributed by atoms with van der Waals surface area (Å²) >= 11 is 0. The van der Waals surface area contributed by atoms with E-state index in [1.54, 1.807) is 6.07 Å². The molecule has 3 unspecified atom stereocenters. The van der Waals surface area contributed by atoms with Crippen molar-refractivity contribution in [2.75, 3.05) is 19.8 Å². The molecule has 2 aliphatic rings. The van der Waals surface area contributed by atoms with Crippen LogP contribution in [0, 0.1) is 11.7 Å². The lowest BCUT2D eigenvalue weighted by molar-refractivity contribution is -0.101. The van der Waals surface area contributed by atoms with E-state index in [9.17, 15) is 4.39 Å². The zero-order valence-electron chi connectivity index (χ0n) is 14.0. The van der Waals surface area contributed by atoms with Crippen molar-refractivity contribution in [3.8, 4) is 0 Å². The predicted octanol–water partition coefficient (Wildman–Crippen LogP) is 3.18. The lowest BCUT2D eigenvalue weighted by atomic mass is 9.73. The molecule has 2 aliphatic heterocycles. The van der Waals surface area contributed by atoms with E-state index in [1.807, 2.05) is 42.5 Å². The number of nitrogens with one attached hydrogen (secondary N) is 1. The fourth-order valence-electron chi connectivity index (χ4n) is 3.87. The maximum atomic E-state index is 14.4. The van der Waals surface area contributed by atoms with Crippen molar-refractivity contribution in [2.45, 2.75) is 24.7 Å². The molecule has 3 atom stereocenters. The van der Waals surface area contributed by atoms with Crippen LogP contribution in [0.4, 0.5) is 4.39 Å². The molecule has 0 spiro atoms. The molecule has 1 N–H and O–H groups in total. The van der Waals surface area contributed by atoms with E-state index in [0.29, 0.717) is 38.4 Å². The lowest BCUT2D eigenvalue weighted by Gasteiger charge is -2.42. The summed E-state index contributed by atoms with van der Waals surface area (Å²) in [5.74, 6) is -0.203. The number of ether oxygens (including phenoxy) is 2. The third-order valence-corrected chi connectivity index (χ3v) is 5.18. The molecule has 0 bridgehead atoms. The van der Waals surface area contributed by atoms with E-state index in [2.05, 4.69) is 5.48 Å². The Morgan fingerprint density at radius 3 is 2.76 bits per heavy atom. The van der Waals surface area contributed by atoms with E-state index in [4.69, 9.17) is 14.3 Å². The number of halogens is 1. The summed E-state index contributed by atoms with van der Waals surface area (Å²) in [5.41, 5.74) is 4.31. The zero-order chi connectivity index (χ0) is 17.1. The highest BCUT2D eigenvalue weighted by Gasteiger charge is 2.53. The summed E-state index contributed by atoms with van der Waals surface area (Å²) in [7, 11) is 0. The molecular weight excluding hydrogens is 321 g/mol. The first kappa shape index (κ1) is 16.7. The molecule has 5 heteroatoms. The van der Waals surface area contributed by atoms with Gasteiger partial charge in [0.05, 0.1) is 31.5 Å². The van der Waals surface area contributed by atoms with E-state index >= 15 is 0 Å². The summed E-state index contributed by atoms with van der Waals surface area (Å²) in [6, 6.07) is 16.9. The van der Waals surface area contributed by atoms with Gasteiger partial charge in [-0.2, -0.15) is 5.48 Å². The molecule has 4 rings (SSSR count). The van der Waals surface area contributed by atoms with Gasteiger partial charge >= 0.3 is 0 Å². The Balaban J connectivity index is 1.48. The first-order chi connectivity index (χ1) is 12.3. The van der Waals surface area contributed by atoms with Gasteiger partial charge in [0.15, 0.2) is 0 Å². The van der Waals surface area contributed by atoms with Crippen LogP contribution in [0.15, 0.2) is 54.6 Å². The van der Waals surface area contributed by atoms with Crippen molar-refractivity contribution >= 4 is 0 Å². The zero-order valence-corrected chi connectivity index (χ0v) is 14.0. The first-order valence-corrected chi connectivity index (χ1v) is 8.67. The minimum Gasteiger partial charge on any atom is -0.375 e. The Hall–Kier alpha value is -1.79. The van der Waals surface area contributed by atoms with Crippen LogP contribution in [0.1, 0.15) is 17.5 Å². The molecule has 4 nitrogen and oxygen atoms in total. The monoisotopic (exact) mass is 343 g/mol. The van der Waals surface area contributed by atoms with Crippen LogP contribution in [0.3, 0.4) is 0 Å². The van der Waals surface area contributed by atoms with Crippen molar-refractivity contribution in [1.82, 2.24) is 5.48 Å². The minimum atomic E-state index is -0.551. The Morgan fingerprint density at radius 1 is 1.12 bits per heavy atom. The lowest BCUT2D eigenvalue weighted by Crippen LogP contribution is -2.53. The highest BCUT2D eigenvalue weighted by molar-refractivity contribution is 5.29. The highest BCUT2D eigenvalue weighted by Crippen LogP contribution is 2.44. The van der Waals surface area contributed by atoms with Crippen LogP contribution >= 0.6 is 0 Å². The van der Waals surface area contributed by atoms with Crippen molar-refractivity contribution in [3.05, 3.63) is 71.5 Å². The Labute approximate surface area is 146 Å². The average molecular weight is 343 g/mol. The molecular formula is C20H22FNO3. The number of rotatable bonds is 5. The predicted molar refractivity (Wildman–Crippen MR) is 91.1 cm³/mol. The fourth-order valence-corrected chi connectivity index (χ4v) is 3.87. The van der Waals surface area contributed by atoms with Gasteiger partial charge in [-0.15, -0.1) is 0 Å². The molecule has 0 saturated carbocycles. The number of hydroxylamine groups is 1. The fraction of sp³-hybridized carbons (Fsp3) is 0.400. The molecule has 0 radical (unpaired) electrons. The van der Waals surface area contributed by atoms with Crippen LogP contribution in [-0.4, -0.2) is 25.9 Å². The van der Waals surface area contributed by atoms with Crippen molar-refractivity contribution in [3.63, 3.8) is 0 Å². The smallest absolute Gasteiger partial charge is 0.128 e. The van der Waals surface area contributed by atoms with E-state index in [1.165, 1.54) is 6.07 Å². The van der Waals surface area contributed by atoms with Gasteiger partial charge in [0.25, 0.3) is 0 Å². The van der Waals surface area contributed by atoms with Gasteiger partial charge in [-0.05, 0) is 18.1 Å². The summed E-state index contributed by atoms with van der Waals surface area (Å²) in [5, 5.41) is 0. The van der Waals surface area contributed by atoms with E-state index in [-0.39, 0.29) is 17.8 Å². The van der Waals surface area contributed by atoms with Gasteiger partial charge in [0.2, 0.25) is 0 Å². The van der Waals surface area contributed by atoms with E-state index in [0.717, 1.165) is 5.56 Å². The second-order valence-electron chi connectivity index (χ2n) is 6.63. The summed E-state index contributed by atoms with van der Waals surface area (Å²) in [6.07, 6.45) is 0.542. The summed E-state index contributed by atoms with van der Waals surface area (Å²) < 4.78 is 26.3. The number of hydrogen-bond donors (Lipinski definition) is 1. The standard InChI is InChI=1S/C20H22FNO3/c21-18-9-5-4-8-16(18)20-10-11-24-19(17(20)13-25-22-20)14-23-12-15-6-2-1-3-7-15/h1-9,17,19,22H,10-14H2. The molecule has 0 amide bonds. The van der Waals surface area contributed by atoms with Gasteiger partial charge < -0.3 is 14.3 Å². The molecule has 2 aromatic carbocycles. The number of hydrogen-bond acceptors (Lipinski definition) is 4. The molecule has 25 heavy (non-hydrogen) atoms. The Morgan fingerprint density at radius 2 is 1.92 bits per heavy atom. The third-order valence-electron chi connectivity index (χ3n) is 5.18. The van der Waals surface area contributed by atoms with Crippen LogP contribution in [0.2, 0.25) is 0 Å². The number of fused-ring (bicyclic) bond motifs is 1. The van der Waals surface area contributed by atoms with Gasteiger partial charge in [0, 0.05) is 18.1 Å². The molecule has 2 fully saturated rings.